The second-order valence-corrected chi connectivity index (χ2v) is 10.4. The van der Waals surface area contributed by atoms with E-state index in [0.717, 1.165) is 52.5 Å². The number of pyridine rings is 1. The first-order valence-electron chi connectivity index (χ1n) is 13.0. The lowest BCUT2D eigenvalue weighted by atomic mass is 10.0. The normalized spacial score (nSPS) is 17.6. The third-order valence-electron chi connectivity index (χ3n) is 7.90. The maximum Gasteiger partial charge on any atom is 0.273 e. The number of aryl methyl sites for hydroxylation is 1. The van der Waals surface area contributed by atoms with Crippen LogP contribution in [0.1, 0.15) is 51.9 Å². The highest BCUT2D eigenvalue weighted by atomic mass is 16.2. The molecule has 8 nitrogen and oxygen atoms in total. The number of nitrogens with zero attached hydrogens (tertiary/aromatic N) is 5. The van der Waals surface area contributed by atoms with Crippen molar-refractivity contribution in [3.8, 4) is 11.3 Å². The summed E-state index contributed by atoms with van der Waals surface area (Å²) in [6.45, 7) is 2.85. The van der Waals surface area contributed by atoms with Gasteiger partial charge >= 0.3 is 0 Å². The third kappa shape index (κ3) is 3.63. The molecule has 2 aromatic carbocycles. The van der Waals surface area contributed by atoms with Gasteiger partial charge in [-0.2, -0.15) is 5.01 Å². The van der Waals surface area contributed by atoms with Crippen LogP contribution in [0.2, 0.25) is 0 Å². The van der Waals surface area contributed by atoms with Gasteiger partial charge < -0.3 is 4.57 Å². The molecule has 1 saturated heterocycles. The summed E-state index contributed by atoms with van der Waals surface area (Å²) in [7, 11) is 2.00. The zero-order valence-corrected chi connectivity index (χ0v) is 21.2. The van der Waals surface area contributed by atoms with Crippen molar-refractivity contribution in [1.29, 1.82) is 0 Å². The molecule has 4 aromatic rings. The molecule has 38 heavy (non-hydrogen) atoms. The number of carbonyl (C=O) groups is 3. The molecule has 0 spiro atoms. The molecule has 190 valence electrons. The lowest BCUT2D eigenvalue weighted by Gasteiger charge is -2.32. The first-order chi connectivity index (χ1) is 18.5. The Bertz CT molecular complexity index is 1610. The number of fused-ring (bicyclic) bond motifs is 3. The van der Waals surface area contributed by atoms with E-state index < -0.39 is 0 Å². The average Bonchev–Trinajstić information content (AvgIpc) is 3.59. The summed E-state index contributed by atoms with van der Waals surface area (Å²) < 4.78 is 2.03. The van der Waals surface area contributed by atoms with Crippen molar-refractivity contribution in [3.05, 3.63) is 88.6 Å². The van der Waals surface area contributed by atoms with E-state index in [9.17, 15) is 14.4 Å². The van der Waals surface area contributed by atoms with Crippen molar-refractivity contribution in [1.82, 2.24) is 24.5 Å². The van der Waals surface area contributed by atoms with Gasteiger partial charge in [-0.1, -0.05) is 30.3 Å². The van der Waals surface area contributed by atoms with Gasteiger partial charge in [0.15, 0.2) is 0 Å². The number of hydrogen-bond donors (Lipinski definition) is 0. The Morgan fingerprint density at radius 2 is 1.58 bits per heavy atom. The van der Waals surface area contributed by atoms with Crippen molar-refractivity contribution in [3.63, 3.8) is 0 Å². The monoisotopic (exact) mass is 505 g/mol. The molecule has 0 radical (unpaired) electrons. The largest absolute Gasteiger partial charge is 0.336 e. The second-order valence-electron chi connectivity index (χ2n) is 10.4. The van der Waals surface area contributed by atoms with Gasteiger partial charge in [-0.3, -0.25) is 19.3 Å². The van der Waals surface area contributed by atoms with E-state index in [2.05, 4.69) is 41.3 Å². The zero-order valence-electron chi connectivity index (χ0n) is 21.2. The molecule has 0 unspecified atom stereocenters. The van der Waals surface area contributed by atoms with E-state index in [0.29, 0.717) is 12.0 Å². The van der Waals surface area contributed by atoms with E-state index >= 15 is 0 Å². The first-order valence-corrected chi connectivity index (χ1v) is 13.0. The zero-order chi connectivity index (χ0) is 26.0. The maximum atomic E-state index is 13.1. The third-order valence-corrected chi connectivity index (χ3v) is 7.90. The molecule has 0 saturated carbocycles. The molecule has 0 atom stereocenters. The predicted molar refractivity (Wildman–Crippen MR) is 141 cm³/mol. The molecule has 7 rings (SSSR count). The predicted octanol–water partition coefficient (Wildman–Crippen LogP) is 4.17. The molecule has 0 aliphatic carbocycles. The highest BCUT2D eigenvalue weighted by Gasteiger charge is 2.39. The van der Waals surface area contributed by atoms with Crippen LogP contribution in [0.3, 0.4) is 0 Å². The summed E-state index contributed by atoms with van der Waals surface area (Å²) in [5.74, 6) is -0.936. The van der Waals surface area contributed by atoms with Crippen LogP contribution in [-0.4, -0.2) is 42.2 Å². The standard InChI is InChI=1S/C30H27N5O3/c1-32-12-11-24-23(17-33-15-20-5-2-3-6-21(20)16-33)14-26(31-29(24)32)19-9-10-25-22(13-19)18-34(30(25)38)35-27(36)7-4-8-28(35)37/h2-3,5-6,9-14H,4,7-8,15-18H2,1H3. The second kappa shape index (κ2) is 8.63. The molecular formula is C30H27N5O3. The number of hydrogen-bond acceptors (Lipinski definition) is 5. The number of rotatable bonds is 4. The minimum absolute atomic E-state index is 0.199. The number of imide groups is 1. The molecule has 3 aliphatic heterocycles. The Labute approximate surface area is 220 Å². The van der Waals surface area contributed by atoms with Crippen LogP contribution in [0.25, 0.3) is 22.3 Å². The minimum Gasteiger partial charge on any atom is -0.336 e. The van der Waals surface area contributed by atoms with Crippen molar-refractivity contribution >= 4 is 28.8 Å². The SMILES string of the molecule is Cn1ccc2c(CN3Cc4ccccc4C3)cc(-c3ccc4c(c3)CN(N3C(=O)CCCC3=O)C4=O)nc21. The van der Waals surface area contributed by atoms with E-state index in [1.165, 1.54) is 21.7 Å². The van der Waals surface area contributed by atoms with Gasteiger partial charge in [0, 0.05) is 62.2 Å². The van der Waals surface area contributed by atoms with Crippen molar-refractivity contribution in [2.75, 3.05) is 0 Å². The number of amides is 3. The molecule has 3 amide bonds. The van der Waals surface area contributed by atoms with E-state index in [4.69, 9.17) is 4.98 Å². The van der Waals surface area contributed by atoms with Gasteiger partial charge in [-0.25, -0.2) is 9.99 Å². The molecule has 2 aromatic heterocycles. The van der Waals surface area contributed by atoms with Crippen molar-refractivity contribution < 1.29 is 14.4 Å². The van der Waals surface area contributed by atoms with Crippen LogP contribution >= 0.6 is 0 Å². The summed E-state index contributed by atoms with van der Waals surface area (Å²) >= 11 is 0. The summed E-state index contributed by atoms with van der Waals surface area (Å²) in [6, 6.07) is 18.5. The Morgan fingerprint density at radius 1 is 0.842 bits per heavy atom. The molecular weight excluding hydrogens is 478 g/mol. The van der Waals surface area contributed by atoms with E-state index in [1.807, 2.05) is 29.9 Å². The number of aromatic nitrogens is 2. The molecule has 5 heterocycles. The minimum atomic E-state index is -0.313. The van der Waals surface area contributed by atoms with Gasteiger partial charge in [0.2, 0.25) is 11.8 Å². The molecule has 1 fully saturated rings. The fraction of sp³-hybridized carbons (Fsp3) is 0.267. The summed E-state index contributed by atoms with van der Waals surface area (Å²) in [4.78, 5) is 45.5. The molecule has 0 bridgehead atoms. The number of benzene rings is 2. The Morgan fingerprint density at radius 3 is 2.32 bits per heavy atom. The van der Waals surface area contributed by atoms with Gasteiger partial charge in [0.1, 0.15) is 5.65 Å². The average molecular weight is 506 g/mol. The quantitative estimate of drug-likeness (QED) is 0.389. The van der Waals surface area contributed by atoms with Crippen LogP contribution in [0.15, 0.2) is 60.8 Å². The Hall–Kier alpha value is -4.30. The smallest absolute Gasteiger partial charge is 0.273 e. The van der Waals surface area contributed by atoms with Gasteiger partial charge in [-0.05, 0) is 52.9 Å². The van der Waals surface area contributed by atoms with Gasteiger partial charge in [-0.15, -0.1) is 0 Å². The number of piperidine rings is 1. The summed E-state index contributed by atoms with van der Waals surface area (Å²) in [6.07, 6.45) is 3.13. The topological polar surface area (TPSA) is 78.8 Å². The highest BCUT2D eigenvalue weighted by molar-refractivity contribution is 6.04. The molecule has 3 aliphatic rings. The maximum absolute atomic E-state index is 13.1. The van der Waals surface area contributed by atoms with Gasteiger partial charge in [0.25, 0.3) is 5.91 Å². The van der Waals surface area contributed by atoms with Crippen molar-refractivity contribution in [2.45, 2.75) is 45.4 Å². The summed E-state index contributed by atoms with van der Waals surface area (Å²) in [5, 5.41) is 3.48. The summed E-state index contributed by atoms with van der Waals surface area (Å²) in [5.41, 5.74) is 7.94. The van der Waals surface area contributed by atoms with Crippen LogP contribution in [0, 0.1) is 0 Å². The lowest BCUT2D eigenvalue weighted by Crippen LogP contribution is -2.51. The molecule has 8 heteroatoms. The van der Waals surface area contributed by atoms with Crippen molar-refractivity contribution in [2.24, 2.45) is 7.05 Å². The Balaban J connectivity index is 1.22. The van der Waals surface area contributed by atoms with E-state index in [1.54, 1.807) is 6.07 Å². The van der Waals surface area contributed by atoms with Crippen LogP contribution in [0.5, 0.6) is 0 Å². The van der Waals surface area contributed by atoms with Crippen LogP contribution < -0.4 is 0 Å². The molecule has 0 N–H and O–H groups in total. The first kappa shape index (κ1) is 22.9. The fourth-order valence-electron chi connectivity index (χ4n) is 5.97. The Kier molecular flexibility index (Phi) is 5.19. The van der Waals surface area contributed by atoms with Crippen LogP contribution in [-0.2, 0) is 42.8 Å². The van der Waals surface area contributed by atoms with E-state index in [-0.39, 0.29) is 37.1 Å². The fourth-order valence-corrected chi connectivity index (χ4v) is 5.97. The van der Waals surface area contributed by atoms with Gasteiger partial charge in [0.05, 0.1) is 12.2 Å². The lowest BCUT2D eigenvalue weighted by molar-refractivity contribution is -0.163. The number of hydrazine groups is 1. The van der Waals surface area contributed by atoms with Crippen LogP contribution in [0.4, 0.5) is 0 Å². The number of carbonyl (C=O) groups excluding carboxylic acids is 3. The highest BCUT2D eigenvalue weighted by Crippen LogP contribution is 2.33.